The first kappa shape index (κ1) is 20.0. The van der Waals surface area contributed by atoms with Crippen molar-refractivity contribution in [2.45, 2.75) is 96.8 Å². The third kappa shape index (κ3) is 3.64. The van der Waals surface area contributed by atoms with E-state index in [0.717, 1.165) is 11.8 Å². The van der Waals surface area contributed by atoms with E-state index in [0.29, 0.717) is 5.41 Å². The molecule has 0 amide bonds. The van der Waals surface area contributed by atoms with E-state index < -0.39 is 0 Å². The highest BCUT2D eigenvalue weighted by Gasteiger charge is 2.54. The Kier molecular flexibility index (Phi) is 6.44. The van der Waals surface area contributed by atoms with Crippen molar-refractivity contribution in [2.75, 3.05) is 0 Å². The number of unbranched alkanes of at least 4 members (excludes halogenated alkanes) is 3. The highest BCUT2D eigenvalue weighted by Crippen LogP contribution is 2.66. The lowest BCUT2D eigenvalue weighted by molar-refractivity contribution is 0.308. The quantitative estimate of drug-likeness (QED) is 0.314. The molecule has 2 fully saturated rings. The summed E-state index contributed by atoms with van der Waals surface area (Å²) in [5, 5.41) is 0. The molecule has 152 valence electrons. The molecule has 3 aliphatic rings. The molecule has 0 spiro atoms. The molecule has 0 aromatic heterocycles. The Morgan fingerprint density at radius 3 is 2.50 bits per heavy atom. The van der Waals surface area contributed by atoms with E-state index in [1.807, 2.05) is 11.1 Å². The molecule has 0 aliphatic heterocycles. The minimum Gasteiger partial charge on any atom is -0.0943 e. The molecular weight excluding hydrogens is 336 g/mol. The molecule has 2 atom stereocenters. The molecular formula is C28H40. The van der Waals surface area contributed by atoms with Crippen LogP contribution in [0.15, 0.2) is 48.1 Å². The van der Waals surface area contributed by atoms with Crippen molar-refractivity contribution in [3.8, 4) is 0 Å². The van der Waals surface area contributed by atoms with Crippen molar-refractivity contribution in [1.82, 2.24) is 0 Å². The van der Waals surface area contributed by atoms with Crippen molar-refractivity contribution in [3.63, 3.8) is 0 Å². The number of fused-ring (bicyclic) bond motifs is 1. The molecule has 0 unspecified atom stereocenters. The van der Waals surface area contributed by atoms with Crippen molar-refractivity contribution in [2.24, 2.45) is 17.3 Å². The van der Waals surface area contributed by atoms with Gasteiger partial charge in [0.15, 0.2) is 0 Å². The van der Waals surface area contributed by atoms with E-state index >= 15 is 0 Å². The van der Waals surface area contributed by atoms with Gasteiger partial charge in [0, 0.05) is 5.41 Å². The summed E-state index contributed by atoms with van der Waals surface area (Å²) < 4.78 is 0. The maximum Gasteiger partial charge on any atom is 0.0198 e. The number of hydrogen-bond donors (Lipinski definition) is 0. The maximum absolute atomic E-state index is 4.80. The smallest absolute Gasteiger partial charge is 0.0198 e. The van der Waals surface area contributed by atoms with E-state index in [-0.39, 0.29) is 0 Å². The summed E-state index contributed by atoms with van der Waals surface area (Å²) >= 11 is 0. The molecule has 0 heterocycles. The van der Waals surface area contributed by atoms with E-state index in [1.165, 1.54) is 101 Å². The largest absolute Gasteiger partial charge is 0.0943 e. The molecule has 0 saturated heterocycles. The summed E-state index contributed by atoms with van der Waals surface area (Å²) in [4.78, 5) is 0. The molecule has 0 radical (unpaired) electrons. The zero-order chi connectivity index (χ0) is 19.4. The van der Waals surface area contributed by atoms with Gasteiger partial charge in [-0.15, -0.1) is 0 Å². The molecule has 1 aromatic carbocycles. The van der Waals surface area contributed by atoms with Crippen LogP contribution in [0.5, 0.6) is 0 Å². The molecule has 1 aromatic rings. The molecule has 0 heteroatoms. The van der Waals surface area contributed by atoms with Crippen LogP contribution in [0.2, 0.25) is 0 Å². The van der Waals surface area contributed by atoms with Gasteiger partial charge < -0.3 is 0 Å². The van der Waals surface area contributed by atoms with Crippen molar-refractivity contribution in [3.05, 3.63) is 53.6 Å². The third-order valence-corrected chi connectivity index (χ3v) is 8.18. The van der Waals surface area contributed by atoms with Gasteiger partial charge in [0.2, 0.25) is 0 Å². The normalized spacial score (nSPS) is 28.0. The van der Waals surface area contributed by atoms with Crippen LogP contribution in [0.3, 0.4) is 0 Å². The Labute approximate surface area is 173 Å². The minimum atomic E-state index is 0.295. The monoisotopic (exact) mass is 376 g/mol. The van der Waals surface area contributed by atoms with Gasteiger partial charge in [0.25, 0.3) is 0 Å². The summed E-state index contributed by atoms with van der Waals surface area (Å²) in [5.74, 6) is 1.68. The second-order valence-electron chi connectivity index (χ2n) is 9.77. The molecule has 0 N–H and O–H groups in total. The lowest BCUT2D eigenvalue weighted by atomic mass is 9.63. The van der Waals surface area contributed by atoms with Gasteiger partial charge in [-0.05, 0) is 67.9 Å². The Balaban J connectivity index is 1.70. The average Bonchev–Trinajstić information content (AvgIpc) is 3.28. The van der Waals surface area contributed by atoms with Crippen LogP contribution in [0.25, 0.3) is 5.57 Å². The highest BCUT2D eigenvalue weighted by molar-refractivity contribution is 5.74. The fourth-order valence-electron chi connectivity index (χ4n) is 6.93. The molecule has 2 saturated carbocycles. The lowest BCUT2D eigenvalue weighted by Crippen LogP contribution is -2.30. The number of hydrogen-bond acceptors (Lipinski definition) is 0. The van der Waals surface area contributed by atoms with Crippen LogP contribution >= 0.6 is 0 Å². The van der Waals surface area contributed by atoms with E-state index in [1.54, 1.807) is 0 Å². The Hall–Kier alpha value is -1.30. The number of allylic oxidation sites excluding steroid dienone is 3. The molecule has 3 aliphatic carbocycles. The van der Waals surface area contributed by atoms with E-state index in [2.05, 4.69) is 37.3 Å². The first-order chi connectivity index (χ1) is 13.8. The van der Waals surface area contributed by atoms with Crippen molar-refractivity contribution >= 4 is 5.57 Å². The van der Waals surface area contributed by atoms with Crippen LogP contribution < -0.4 is 0 Å². The second kappa shape index (κ2) is 9.02. The molecule has 28 heavy (non-hydrogen) atoms. The van der Waals surface area contributed by atoms with Gasteiger partial charge >= 0.3 is 0 Å². The summed E-state index contributed by atoms with van der Waals surface area (Å²) in [6, 6.07) is 11.2. The Morgan fingerprint density at radius 1 is 0.964 bits per heavy atom. The van der Waals surface area contributed by atoms with Crippen LogP contribution in [0, 0.1) is 17.3 Å². The van der Waals surface area contributed by atoms with Gasteiger partial charge in [0.1, 0.15) is 0 Å². The maximum atomic E-state index is 4.80. The topological polar surface area (TPSA) is 0 Å². The van der Waals surface area contributed by atoms with Crippen molar-refractivity contribution in [1.29, 1.82) is 0 Å². The predicted octanol–water partition coefficient (Wildman–Crippen LogP) is 8.74. The number of benzene rings is 1. The SMILES string of the molecule is C=C(c1ccccc1)[C@]12CCC[C@H]1CC(CCCCCC)=C2C1CCCCC1. The van der Waals surface area contributed by atoms with Crippen LogP contribution in [0.1, 0.15) is 102 Å². The first-order valence-corrected chi connectivity index (χ1v) is 12.2. The molecule has 4 rings (SSSR count). The highest BCUT2D eigenvalue weighted by atomic mass is 14.6. The van der Waals surface area contributed by atoms with Gasteiger partial charge in [-0.25, -0.2) is 0 Å². The fraction of sp³-hybridized carbons (Fsp3) is 0.643. The van der Waals surface area contributed by atoms with Crippen molar-refractivity contribution < 1.29 is 0 Å². The van der Waals surface area contributed by atoms with Gasteiger partial charge in [-0.3, -0.25) is 0 Å². The van der Waals surface area contributed by atoms with E-state index in [4.69, 9.17) is 6.58 Å². The summed E-state index contributed by atoms with van der Waals surface area (Å²) in [5.41, 5.74) is 6.95. The Bertz CT molecular complexity index is 688. The first-order valence-electron chi connectivity index (χ1n) is 12.2. The van der Waals surface area contributed by atoms with E-state index in [9.17, 15) is 0 Å². The third-order valence-electron chi connectivity index (χ3n) is 8.18. The van der Waals surface area contributed by atoms with Gasteiger partial charge in [-0.2, -0.15) is 0 Å². The second-order valence-corrected chi connectivity index (χ2v) is 9.77. The predicted molar refractivity (Wildman–Crippen MR) is 122 cm³/mol. The average molecular weight is 377 g/mol. The van der Waals surface area contributed by atoms with Gasteiger partial charge in [-0.1, -0.05) is 99.9 Å². The zero-order valence-electron chi connectivity index (χ0n) is 18.1. The molecule has 0 bridgehead atoms. The molecule has 0 nitrogen and oxygen atoms in total. The summed E-state index contributed by atoms with van der Waals surface area (Å²) in [7, 11) is 0. The lowest BCUT2D eigenvalue weighted by Gasteiger charge is -2.41. The standard InChI is InChI=1S/C28H40/c1-3-4-5-8-18-25-21-26-19-13-20-28(26,22(2)23-14-9-6-10-15-23)27(25)24-16-11-7-12-17-24/h6,9-10,14-15,24,26H,2-5,7-8,11-13,16-21H2,1H3/t26-,28+/m0/s1. The van der Waals surface area contributed by atoms with Gasteiger partial charge in [0.05, 0.1) is 0 Å². The van der Waals surface area contributed by atoms with Crippen LogP contribution in [-0.4, -0.2) is 0 Å². The zero-order valence-corrected chi connectivity index (χ0v) is 18.1. The fourth-order valence-corrected chi connectivity index (χ4v) is 6.93. The van der Waals surface area contributed by atoms with Crippen LogP contribution in [-0.2, 0) is 0 Å². The summed E-state index contributed by atoms with van der Waals surface area (Å²) in [6.07, 6.45) is 19.7. The summed E-state index contributed by atoms with van der Waals surface area (Å²) in [6.45, 7) is 7.12. The Morgan fingerprint density at radius 2 is 1.75 bits per heavy atom. The van der Waals surface area contributed by atoms with Crippen LogP contribution in [0.4, 0.5) is 0 Å². The minimum absolute atomic E-state index is 0.295. The number of rotatable bonds is 8.